The number of methoxy groups -OCH3 is 2. The maximum atomic E-state index is 14.8. The van der Waals surface area contributed by atoms with Crippen LogP contribution in [0.3, 0.4) is 0 Å². The van der Waals surface area contributed by atoms with Crippen molar-refractivity contribution in [2.75, 3.05) is 39.2 Å². The first-order chi connectivity index (χ1) is 19.6. The molecular weight excluding hydrogens is 519 g/mol. The van der Waals surface area contributed by atoms with Gasteiger partial charge in [0.15, 0.2) is 23.1 Å². The highest BCUT2D eigenvalue weighted by atomic mass is 19.1. The second-order valence-electron chi connectivity index (χ2n) is 12.3. The smallest absolute Gasteiger partial charge is 0.165 e. The number of hydrogen-bond donors (Lipinski definition) is 3. The molecule has 0 radical (unpaired) electrons. The van der Waals surface area contributed by atoms with Crippen molar-refractivity contribution < 1.29 is 23.7 Å². The summed E-state index contributed by atoms with van der Waals surface area (Å²) in [7, 11) is 3.29. The number of aryl methyl sites for hydroxylation is 1. The van der Waals surface area contributed by atoms with E-state index in [2.05, 4.69) is 44.4 Å². The van der Waals surface area contributed by atoms with Crippen LogP contribution >= 0.6 is 0 Å². The summed E-state index contributed by atoms with van der Waals surface area (Å²) in [4.78, 5) is 0. The highest BCUT2D eigenvalue weighted by Crippen LogP contribution is 2.42. The van der Waals surface area contributed by atoms with Crippen molar-refractivity contribution in [3.05, 3.63) is 76.6 Å². The molecule has 3 aromatic rings. The van der Waals surface area contributed by atoms with Crippen molar-refractivity contribution in [1.29, 1.82) is 0 Å². The van der Waals surface area contributed by atoms with Gasteiger partial charge in [0.1, 0.15) is 12.4 Å². The van der Waals surface area contributed by atoms with Gasteiger partial charge in [0, 0.05) is 30.9 Å². The lowest BCUT2D eigenvalue weighted by Crippen LogP contribution is -2.30. The highest BCUT2D eigenvalue weighted by Gasteiger charge is 2.25. The number of halogens is 1. The van der Waals surface area contributed by atoms with Gasteiger partial charge in [-0.2, -0.15) is 0 Å². The third-order valence-electron chi connectivity index (χ3n) is 7.55. The van der Waals surface area contributed by atoms with Gasteiger partial charge in [0.2, 0.25) is 0 Å². The zero-order valence-electron chi connectivity index (χ0n) is 25.3. The number of anilines is 1. The molecule has 1 aliphatic carbocycles. The predicted molar refractivity (Wildman–Crippen MR) is 163 cm³/mol. The fourth-order valence-electron chi connectivity index (χ4n) is 5.52. The minimum Gasteiger partial charge on any atom is -0.508 e. The van der Waals surface area contributed by atoms with E-state index >= 15 is 0 Å². The molecule has 3 N–H and O–H groups in total. The normalized spacial score (nSPS) is 15.6. The van der Waals surface area contributed by atoms with Crippen molar-refractivity contribution in [3.63, 3.8) is 0 Å². The van der Waals surface area contributed by atoms with Crippen LogP contribution in [-0.2, 0) is 19.3 Å². The van der Waals surface area contributed by atoms with Crippen LogP contribution in [0.1, 0.15) is 62.3 Å². The molecule has 0 aliphatic heterocycles. The van der Waals surface area contributed by atoms with Crippen LogP contribution in [0.15, 0.2) is 48.5 Å². The van der Waals surface area contributed by atoms with Crippen LogP contribution in [0, 0.1) is 11.2 Å². The Balaban J connectivity index is 1.44. The van der Waals surface area contributed by atoms with Crippen LogP contribution in [0.4, 0.5) is 10.1 Å². The molecule has 222 valence electrons. The third-order valence-corrected chi connectivity index (χ3v) is 7.55. The van der Waals surface area contributed by atoms with Crippen molar-refractivity contribution in [1.82, 2.24) is 5.32 Å². The molecule has 3 aromatic carbocycles. The van der Waals surface area contributed by atoms with Gasteiger partial charge in [-0.05, 0) is 96.5 Å². The molecule has 0 heterocycles. The van der Waals surface area contributed by atoms with E-state index in [0.717, 1.165) is 37.1 Å². The summed E-state index contributed by atoms with van der Waals surface area (Å²) in [5, 5.41) is 16.9. The van der Waals surface area contributed by atoms with Gasteiger partial charge in [0.05, 0.1) is 14.2 Å². The molecule has 0 aromatic heterocycles. The number of nitrogens with one attached hydrogen (secondary N) is 2. The van der Waals surface area contributed by atoms with Crippen LogP contribution in [0.5, 0.6) is 23.0 Å². The Morgan fingerprint density at radius 3 is 2.44 bits per heavy atom. The first-order valence-electron chi connectivity index (χ1n) is 14.5. The van der Waals surface area contributed by atoms with E-state index in [4.69, 9.17) is 14.2 Å². The van der Waals surface area contributed by atoms with Gasteiger partial charge < -0.3 is 30.0 Å². The fraction of sp³-hybridized carbons (Fsp3) is 0.471. The summed E-state index contributed by atoms with van der Waals surface area (Å²) in [6, 6.07) is 15.0. The summed E-state index contributed by atoms with van der Waals surface area (Å²) in [6.07, 6.45) is 3.39. The van der Waals surface area contributed by atoms with Crippen LogP contribution in [0.25, 0.3) is 0 Å². The van der Waals surface area contributed by atoms with Crippen LogP contribution in [0.2, 0.25) is 0 Å². The van der Waals surface area contributed by atoms with Crippen molar-refractivity contribution in [2.24, 2.45) is 5.41 Å². The Hall–Kier alpha value is -3.45. The Kier molecular flexibility index (Phi) is 10.0. The van der Waals surface area contributed by atoms with Gasteiger partial charge in [-0.15, -0.1) is 0 Å². The Bertz CT molecular complexity index is 1320. The van der Waals surface area contributed by atoms with E-state index < -0.39 is 0 Å². The molecule has 2 unspecified atom stereocenters. The summed E-state index contributed by atoms with van der Waals surface area (Å²) in [6.45, 7) is 10.6. The number of phenols is 1. The predicted octanol–water partition coefficient (Wildman–Crippen LogP) is 6.88. The van der Waals surface area contributed by atoms with Crippen molar-refractivity contribution >= 4 is 5.69 Å². The Labute approximate surface area is 244 Å². The van der Waals surface area contributed by atoms with Gasteiger partial charge >= 0.3 is 0 Å². The molecule has 0 saturated heterocycles. The molecule has 1 aliphatic rings. The molecule has 7 heteroatoms. The quantitative estimate of drug-likeness (QED) is 0.208. The van der Waals surface area contributed by atoms with Crippen molar-refractivity contribution in [2.45, 2.75) is 65.3 Å². The Morgan fingerprint density at radius 2 is 1.73 bits per heavy atom. The summed E-state index contributed by atoms with van der Waals surface area (Å²) in [5.41, 5.74) is 5.72. The van der Waals surface area contributed by atoms with E-state index in [-0.39, 0.29) is 28.9 Å². The molecular formula is C34H45FN2O4. The number of ether oxygens (including phenoxy) is 3. The summed E-state index contributed by atoms with van der Waals surface area (Å²) < 4.78 is 31.8. The first-order valence-corrected chi connectivity index (χ1v) is 14.5. The molecule has 0 bridgehead atoms. The molecule has 0 amide bonds. The largest absolute Gasteiger partial charge is 0.508 e. The maximum absolute atomic E-state index is 14.8. The van der Waals surface area contributed by atoms with Crippen LogP contribution in [-0.4, -0.2) is 45.1 Å². The minimum atomic E-state index is -0.343. The molecule has 0 spiro atoms. The second kappa shape index (κ2) is 13.5. The van der Waals surface area contributed by atoms with E-state index in [1.807, 2.05) is 24.3 Å². The number of fused-ring (bicyclic) bond motifs is 1. The molecule has 0 fully saturated rings. The van der Waals surface area contributed by atoms with Gasteiger partial charge in [0.25, 0.3) is 0 Å². The topological polar surface area (TPSA) is 72.0 Å². The Morgan fingerprint density at radius 1 is 0.976 bits per heavy atom. The summed E-state index contributed by atoms with van der Waals surface area (Å²) >= 11 is 0. The summed E-state index contributed by atoms with van der Waals surface area (Å²) in [5.74, 6) is 1.89. The SMILES string of the molecule is COc1cc(NC(C)Cc2ccc(OCCNCC(C)(C)C)c(F)c2)c(C2CCc3cc(O)ccc3C2)cc1OC. The zero-order valence-corrected chi connectivity index (χ0v) is 25.3. The average molecular weight is 565 g/mol. The number of benzene rings is 3. The van der Waals surface area contributed by atoms with E-state index in [0.29, 0.717) is 36.8 Å². The number of hydrogen-bond acceptors (Lipinski definition) is 6. The standard InChI is InChI=1S/C34H45FN2O4/c1-22(15-23-7-12-31(29(35)16-23)41-14-13-36-21-34(2,3)4)37-30-20-33(40-6)32(39-5)19-28(30)26-9-8-25-18-27(38)11-10-24(25)17-26/h7,10-12,16,18-20,22,26,36-38H,8-9,13-15,17,21H2,1-6H3. The second-order valence-corrected chi connectivity index (χ2v) is 12.3. The highest BCUT2D eigenvalue weighted by molar-refractivity contribution is 5.63. The lowest BCUT2D eigenvalue weighted by Gasteiger charge is -2.29. The lowest BCUT2D eigenvalue weighted by atomic mass is 9.79. The van der Waals surface area contributed by atoms with Gasteiger partial charge in [-0.1, -0.05) is 32.9 Å². The van der Waals surface area contributed by atoms with Gasteiger partial charge in [-0.3, -0.25) is 0 Å². The average Bonchev–Trinajstić information content (AvgIpc) is 2.92. The maximum Gasteiger partial charge on any atom is 0.165 e. The molecule has 41 heavy (non-hydrogen) atoms. The number of phenolic OH excluding ortho intramolecular Hbond substituents is 1. The van der Waals surface area contributed by atoms with E-state index in [1.54, 1.807) is 32.4 Å². The van der Waals surface area contributed by atoms with Crippen LogP contribution < -0.4 is 24.8 Å². The first kappa shape index (κ1) is 30.5. The third kappa shape index (κ3) is 8.29. The van der Waals surface area contributed by atoms with Gasteiger partial charge in [-0.25, -0.2) is 4.39 Å². The number of rotatable bonds is 12. The molecule has 2 atom stereocenters. The number of aromatic hydroxyl groups is 1. The van der Waals surface area contributed by atoms with E-state index in [9.17, 15) is 9.50 Å². The molecule has 4 rings (SSSR count). The van der Waals surface area contributed by atoms with E-state index in [1.165, 1.54) is 16.7 Å². The molecule has 6 nitrogen and oxygen atoms in total. The fourth-order valence-corrected chi connectivity index (χ4v) is 5.52. The zero-order chi connectivity index (χ0) is 29.6. The lowest BCUT2D eigenvalue weighted by molar-refractivity contribution is 0.285. The molecule has 0 saturated carbocycles. The monoisotopic (exact) mass is 564 g/mol. The van der Waals surface area contributed by atoms with Crippen molar-refractivity contribution in [3.8, 4) is 23.0 Å². The minimum absolute atomic E-state index is 0.0347.